The molecule has 7 nitrogen and oxygen atoms in total. The van der Waals surface area contributed by atoms with Crippen molar-refractivity contribution in [2.24, 2.45) is 5.14 Å². The highest BCUT2D eigenvalue weighted by Crippen LogP contribution is 2.26. The van der Waals surface area contributed by atoms with Crippen molar-refractivity contribution >= 4 is 19.9 Å². The van der Waals surface area contributed by atoms with E-state index in [1.165, 1.54) is 42.6 Å². The van der Waals surface area contributed by atoms with Gasteiger partial charge in [-0.3, -0.25) is 0 Å². The first-order valence-corrected chi connectivity index (χ1v) is 9.07. The second-order valence-electron chi connectivity index (χ2n) is 4.20. The first kappa shape index (κ1) is 15.4. The van der Waals surface area contributed by atoms with E-state index in [1.807, 2.05) is 0 Å². The highest BCUT2D eigenvalue weighted by molar-refractivity contribution is 7.90. The zero-order chi connectivity index (χ0) is 15.7. The lowest BCUT2D eigenvalue weighted by Crippen LogP contribution is -2.13. The number of nitrogens with two attached hydrogens (primary N) is 1. The monoisotopic (exact) mass is 328 g/mol. The van der Waals surface area contributed by atoms with Crippen LogP contribution in [0.5, 0.6) is 11.6 Å². The molecule has 0 aliphatic carbocycles. The average molecular weight is 328 g/mol. The lowest BCUT2D eigenvalue weighted by Gasteiger charge is -2.08. The van der Waals surface area contributed by atoms with Crippen molar-refractivity contribution in [2.45, 2.75) is 9.79 Å². The van der Waals surface area contributed by atoms with Crippen molar-refractivity contribution < 1.29 is 21.6 Å². The predicted octanol–water partition coefficient (Wildman–Crippen LogP) is 0.925. The molecule has 1 heterocycles. The summed E-state index contributed by atoms with van der Waals surface area (Å²) in [7, 11) is -7.28. The Bertz CT molecular complexity index is 859. The van der Waals surface area contributed by atoms with Gasteiger partial charge in [-0.25, -0.2) is 27.0 Å². The van der Waals surface area contributed by atoms with Crippen molar-refractivity contribution in [3.8, 4) is 11.6 Å². The van der Waals surface area contributed by atoms with Crippen LogP contribution in [0.1, 0.15) is 0 Å². The van der Waals surface area contributed by atoms with Crippen LogP contribution < -0.4 is 9.88 Å². The molecule has 0 aliphatic heterocycles. The number of ether oxygens (including phenoxy) is 1. The Hall–Kier alpha value is -1.97. The van der Waals surface area contributed by atoms with E-state index in [-0.39, 0.29) is 21.4 Å². The van der Waals surface area contributed by atoms with Crippen LogP contribution in [0.4, 0.5) is 0 Å². The van der Waals surface area contributed by atoms with Gasteiger partial charge in [-0.15, -0.1) is 0 Å². The van der Waals surface area contributed by atoms with E-state index in [9.17, 15) is 16.8 Å². The van der Waals surface area contributed by atoms with E-state index >= 15 is 0 Å². The SMILES string of the molecule is CS(=O)(=O)c1ccc(Oc2ncccc2S(N)(=O)=O)cc1. The topological polar surface area (TPSA) is 116 Å². The van der Waals surface area contributed by atoms with E-state index in [2.05, 4.69) is 4.98 Å². The van der Waals surface area contributed by atoms with Gasteiger partial charge in [0.15, 0.2) is 9.84 Å². The number of pyridine rings is 1. The number of sulfonamides is 1. The molecule has 112 valence electrons. The fourth-order valence-corrected chi connectivity index (χ4v) is 2.77. The smallest absolute Gasteiger partial charge is 0.243 e. The molecule has 1 aromatic heterocycles. The molecule has 0 saturated carbocycles. The number of nitrogens with zero attached hydrogens (tertiary/aromatic N) is 1. The molecule has 0 radical (unpaired) electrons. The predicted molar refractivity (Wildman–Crippen MR) is 75.2 cm³/mol. The lowest BCUT2D eigenvalue weighted by atomic mass is 10.3. The number of benzene rings is 1. The van der Waals surface area contributed by atoms with Gasteiger partial charge in [-0.05, 0) is 36.4 Å². The zero-order valence-corrected chi connectivity index (χ0v) is 12.6. The summed E-state index contributed by atoms with van der Waals surface area (Å²) in [4.78, 5) is 3.69. The summed E-state index contributed by atoms with van der Waals surface area (Å²) < 4.78 is 50.8. The minimum atomic E-state index is -3.97. The number of primary sulfonamides is 1. The van der Waals surface area contributed by atoms with Gasteiger partial charge in [0.05, 0.1) is 4.90 Å². The lowest BCUT2D eigenvalue weighted by molar-refractivity contribution is 0.447. The van der Waals surface area contributed by atoms with E-state index in [0.717, 1.165) is 6.26 Å². The summed E-state index contributed by atoms with van der Waals surface area (Å²) in [6.45, 7) is 0. The van der Waals surface area contributed by atoms with Crippen molar-refractivity contribution in [1.82, 2.24) is 4.98 Å². The molecule has 0 spiro atoms. The Morgan fingerprint density at radius 3 is 2.19 bits per heavy atom. The van der Waals surface area contributed by atoms with Crippen molar-refractivity contribution in [1.29, 1.82) is 0 Å². The van der Waals surface area contributed by atoms with Crippen molar-refractivity contribution in [3.63, 3.8) is 0 Å². The van der Waals surface area contributed by atoms with E-state index in [4.69, 9.17) is 9.88 Å². The average Bonchev–Trinajstić information content (AvgIpc) is 2.37. The molecular weight excluding hydrogens is 316 g/mol. The molecular formula is C12H12N2O5S2. The van der Waals surface area contributed by atoms with Crippen LogP contribution in [-0.2, 0) is 19.9 Å². The van der Waals surface area contributed by atoms with Gasteiger partial charge in [-0.2, -0.15) is 0 Å². The molecule has 2 rings (SSSR count). The maximum Gasteiger partial charge on any atom is 0.243 e. The zero-order valence-electron chi connectivity index (χ0n) is 10.9. The number of hydrogen-bond acceptors (Lipinski definition) is 6. The number of aromatic nitrogens is 1. The summed E-state index contributed by atoms with van der Waals surface area (Å²) >= 11 is 0. The molecule has 21 heavy (non-hydrogen) atoms. The van der Waals surface area contributed by atoms with Crippen LogP contribution in [-0.4, -0.2) is 28.1 Å². The molecule has 1 aromatic carbocycles. The Balaban J connectivity index is 2.36. The van der Waals surface area contributed by atoms with Crippen LogP contribution in [0.2, 0.25) is 0 Å². The molecule has 0 bridgehead atoms. The van der Waals surface area contributed by atoms with Crippen LogP contribution in [0, 0.1) is 0 Å². The van der Waals surface area contributed by atoms with E-state index in [0.29, 0.717) is 0 Å². The van der Waals surface area contributed by atoms with Gasteiger partial charge in [0, 0.05) is 12.5 Å². The standard InChI is InChI=1S/C12H12N2O5S2/c1-20(15,16)10-6-4-9(5-7-10)19-12-11(21(13,17)18)3-2-8-14-12/h2-8H,1H3,(H2,13,17,18). The maximum absolute atomic E-state index is 11.4. The largest absolute Gasteiger partial charge is 0.438 e. The second-order valence-corrected chi connectivity index (χ2v) is 7.74. The van der Waals surface area contributed by atoms with E-state index < -0.39 is 19.9 Å². The first-order valence-electron chi connectivity index (χ1n) is 5.64. The van der Waals surface area contributed by atoms with Gasteiger partial charge in [0.25, 0.3) is 0 Å². The number of rotatable bonds is 4. The number of hydrogen-bond donors (Lipinski definition) is 1. The minimum Gasteiger partial charge on any atom is -0.438 e. The van der Waals surface area contributed by atoms with Crippen LogP contribution >= 0.6 is 0 Å². The summed E-state index contributed by atoms with van der Waals surface area (Å²) in [6.07, 6.45) is 2.44. The molecule has 0 unspecified atom stereocenters. The van der Waals surface area contributed by atoms with Crippen LogP contribution in [0.25, 0.3) is 0 Å². The van der Waals surface area contributed by atoms with Gasteiger partial charge in [-0.1, -0.05) is 0 Å². The molecule has 9 heteroatoms. The van der Waals surface area contributed by atoms with Gasteiger partial charge >= 0.3 is 0 Å². The molecule has 0 aliphatic rings. The van der Waals surface area contributed by atoms with Gasteiger partial charge < -0.3 is 4.74 Å². The minimum absolute atomic E-state index is 0.127. The third kappa shape index (κ3) is 3.78. The van der Waals surface area contributed by atoms with Gasteiger partial charge in [0.1, 0.15) is 10.6 Å². The Kier molecular flexibility index (Phi) is 3.99. The highest BCUT2D eigenvalue weighted by Gasteiger charge is 2.16. The molecule has 2 N–H and O–H groups in total. The summed E-state index contributed by atoms with van der Waals surface area (Å²) in [5.74, 6) is 0.0677. The molecule has 2 aromatic rings. The van der Waals surface area contributed by atoms with Crippen molar-refractivity contribution in [3.05, 3.63) is 42.6 Å². The first-order chi connectivity index (χ1) is 9.68. The molecule has 0 saturated heterocycles. The van der Waals surface area contributed by atoms with Gasteiger partial charge in [0.2, 0.25) is 15.9 Å². The molecule has 0 amide bonds. The highest BCUT2D eigenvalue weighted by atomic mass is 32.2. The third-order valence-corrected chi connectivity index (χ3v) is 4.56. The summed E-state index contributed by atoms with van der Waals surface area (Å²) in [5, 5.41) is 5.07. The molecule has 0 atom stereocenters. The maximum atomic E-state index is 11.4. The summed E-state index contributed by atoms with van der Waals surface area (Å²) in [5.41, 5.74) is 0. The van der Waals surface area contributed by atoms with Crippen molar-refractivity contribution in [2.75, 3.05) is 6.26 Å². The Morgan fingerprint density at radius 1 is 1.05 bits per heavy atom. The number of sulfone groups is 1. The second kappa shape index (κ2) is 5.43. The molecule has 0 fully saturated rings. The fourth-order valence-electron chi connectivity index (χ4n) is 1.54. The van der Waals surface area contributed by atoms with E-state index in [1.54, 1.807) is 0 Å². The third-order valence-electron chi connectivity index (χ3n) is 2.51. The quantitative estimate of drug-likeness (QED) is 0.892. The normalized spacial score (nSPS) is 12.1. The Morgan fingerprint density at radius 2 is 1.67 bits per heavy atom. The van der Waals surface area contributed by atoms with Crippen LogP contribution in [0.3, 0.4) is 0 Å². The van der Waals surface area contributed by atoms with Crippen LogP contribution in [0.15, 0.2) is 52.4 Å². The summed E-state index contributed by atoms with van der Waals surface area (Å²) in [6, 6.07) is 8.19. The Labute approximate surface area is 122 Å². The fraction of sp³-hybridized carbons (Fsp3) is 0.0833.